The van der Waals surface area contributed by atoms with E-state index in [1.807, 2.05) is 24.3 Å². The molecule has 5 nitrogen and oxygen atoms in total. The van der Waals surface area contributed by atoms with E-state index < -0.39 is 11.9 Å². The van der Waals surface area contributed by atoms with Crippen molar-refractivity contribution in [2.24, 2.45) is 5.73 Å². The molecule has 0 atom stereocenters. The Morgan fingerprint density at radius 1 is 1.00 bits per heavy atom. The maximum Gasteiger partial charge on any atom is 0.338 e. The number of benzene rings is 2. The standard InChI is InChI=1S/C19H21NO4/c1-13(2)15-5-3-14(4-6-15)11-24-19(22)16-7-9-17(10-8-16)23-12-18(20)21/h3-10,13H,11-12H2,1-2H3,(H2,20,21). The summed E-state index contributed by atoms with van der Waals surface area (Å²) in [6, 6.07) is 14.4. The van der Waals surface area contributed by atoms with Crippen molar-refractivity contribution in [3.8, 4) is 5.75 Å². The first kappa shape index (κ1) is 17.5. The summed E-state index contributed by atoms with van der Waals surface area (Å²) in [7, 11) is 0. The average Bonchev–Trinajstić information content (AvgIpc) is 2.58. The van der Waals surface area contributed by atoms with E-state index in [0.717, 1.165) is 5.56 Å². The number of hydrogen-bond acceptors (Lipinski definition) is 4. The minimum absolute atomic E-state index is 0.198. The van der Waals surface area contributed by atoms with E-state index in [4.69, 9.17) is 15.2 Å². The molecule has 126 valence electrons. The molecule has 2 aromatic rings. The van der Waals surface area contributed by atoms with Crippen molar-refractivity contribution < 1.29 is 19.1 Å². The molecule has 0 aliphatic rings. The largest absolute Gasteiger partial charge is 0.484 e. The van der Waals surface area contributed by atoms with Crippen LogP contribution in [0.2, 0.25) is 0 Å². The van der Waals surface area contributed by atoms with Crippen LogP contribution in [0.3, 0.4) is 0 Å². The van der Waals surface area contributed by atoms with Crippen LogP contribution in [-0.2, 0) is 16.1 Å². The van der Waals surface area contributed by atoms with Gasteiger partial charge in [-0.3, -0.25) is 4.79 Å². The number of amides is 1. The summed E-state index contributed by atoms with van der Waals surface area (Å²) in [4.78, 5) is 22.7. The third kappa shape index (κ3) is 5.12. The maximum atomic E-state index is 12.0. The lowest BCUT2D eigenvalue weighted by Gasteiger charge is -2.08. The van der Waals surface area contributed by atoms with E-state index in [2.05, 4.69) is 13.8 Å². The second-order valence-corrected chi connectivity index (χ2v) is 5.75. The maximum absolute atomic E-state index is 12.0. The molecule has 0 aromatic heterocycles. The molecule has 5 heteroatoms. The second-order valence-electron chi connectivity index (χ2n) is 5.75. The Labute approximate surface area is 141 Å². The third-order valence-corrected chi connectivity index (χ3v) is 3.49. The number of nitrogens with two attached hydrogens (primary N) is 1. The highest BCUT2D eigenvalue weighted by molar-refractivity contribution is 5.89. The van der Waals surface area contributed by atoms with Gasteiger partial charge in [0.1, 0.15) is 12.4 Å². The molecule has 0 spiro atoms. The zero-order valence-electron chi connectivity index (χ0n) is 13.8. The molecular weight excluding hydrogens is 306 g/mol. The van der Waals surface area contributed by atoms with Gasteiger partial charge in [0.25, 0.3) is 5.91 Å². The van der Waals surface area contributed by atoms with Crippen LogP contribution in [0.5, 0.6) is 5.75 Å². The molecular formula is C19H21NO4. The lowest BCUT2D eigenvalue weighted by Crippen LogP contribution is -2.20. The van der Waals surface area contributed by atoms with Gasteiger partial charge in [-0.25, -0.2) is 4.79 Å². The SMILES string of the molecule is CC(C)c1ccc(COC(=O)c2ccc(OCC(N)=O)cc2)cc1. The fraction of sp³-hybridized carbons (Fsp3) is 0.263. The lowest BCUT2D eigenvalue weighted by atomic mass is 10.0. The number of rotatable bonds is 7. The molecule has 0 aliphatic carbocycles. The molecule has 0 heterocycles. The second kappa shape index (κ2) is 8.15. The van der Waals surface area contributed by atoms with Crippen LogP contribution in [0.15, 0.2) is 48.5 Å². The van der Waals surface area contributed by atoms with Crippen LogP contribution in [0.25, 0.3) is 0 Å². The molecule has 0 aliphatic heterocycles. The summed E-state index contributed by atoms with van der Waals surface area (Å²) in [5, 5.41) is 0. The Balaban J connectivity index is 1.88. The van der Waals surface area contributed by atoms with Gasteiger partial charge in [-0.1, -0.05) is 38.1 Å². The number of hydrogen-bond donors (Lipinski definition) is 1. The van der Waals surface area contributed by atoms with Crippen LogP contribution >= 0.6 is 0 Å². The van der Waals surface area contributed by atoms with Gasteiger partial charge in [0.15, 0.2) is 6.61 Å². The molecule has 0 fully saturated rings. The zero-order valence-corrected chi connectivity index (χ0v) is 13.8. The Bertz CT molecular complexity index is 690. The number of ether oxygens (including phenoxy) is 2. The Morgan fingerprint density at radius 3 is 2.17 bits per heavy atom. The monoisotopic (exact) mass is 327 g/mol. The van der Waals surface area contributed by atoms with Crippen LogP contribution in [0, 0.1) is 0 Å². The molecule has 1 amide bonds. The van der Waals surface area contributed by atoms with Crippen molar-refractivity contribution in [1.82, 2.24) is 0 Å². The van der Waals surface area contributed by atoms with E-state index in [-0.39, 0.29) is 13.2 Å². The van der Waals surface area contributed by atoms with Crippen molar-refractivity contribution in [2.75, 3.05) is 6.61 Å². The van der Waals surface area contributed by atoms with E-state index >= 15 is 0 Å². The quantitative estimate of drug-likeness (QED) is 0.793. The van der Waals surface area contributed by atoms with Gasteiger partial charge in [0.05, 0.1) is 5.56 Å². The molecule has 2 aromatic carbocycles. The van der Waals surface area contributed by atoms with Gasteiger partial charge in [-0.15, -0.1) is 0 Å². The topological polar surface area (TPSA) is 78.6 Å². The molecule has 0 radical (unpaired) electrons. The van der Waals surface area contributed by atoms with Gasteiger partial charge in [0.2, 0.25) is 0 Å². The normalized spacial score (nSPS) is 10.5. The molecule has 0 bridgehead atoms. The van der Waals surface area contributed by atoms with Gasteiger partial charge in [-0.05, 0) is 41.3 Å². The predicted octanol–water partition coefficient (Wildman–Crippen LogP) is 3.03. The molecule has 0 saturated carbocycles. The van der Waals surface area contributed by atoms with Gasteiger partial charge in [-0.2, -0.15) is 0 Å². The number of esters is 1. The van der Waals surface area contributed by atoms with Crippen molar-refractivity contribution in [2.45, 2.75) is 26.4 Å². The van der Waals surface area contributed by atoms with E-state index in [9.17, 15) is 9.59 Å². The number of carbonyl (C=O) groups excluding carboxylic acids is 2. The first-order chi connectivity index (χ1) is 11.5. The summed E-state index contributed by atoms with van der Waals surface area (Å²) < 4.78 is 10.4. The highest BCUT2D eigenvalue weighted by Gasteiger charge is 2.08. The van der Waals surface area contributed by atoms with E-state index in [1.54, 1.807) is 24.3 Å². The first-order valence-corrected chi connectivity index (χ1v) is 7.73. The fourth-order valence-electron chi connectivity index (χ4n) is 2.07. The van der Waals surface area contributed by atoms with Crippen molar-refractivity contribution in [1.29, 1.82) is 0 Å². The Kier molecular flexibility index (Phi) is 5.95. The van der Waals surface area contributed by atoms with E-state index in [1.165, 1.54) is 5.56 Å². The van der Waals surface area contributed by atoms with Crippen LogP contribution in [0.4, 0.5) is 0 Å². The minimum Gasteiger partial charge on any atom is -0.484 e. The summed E-state index contributed by atoms with van der Waals surface area (Å²) in [5.74, 6) is -0.0297. The molecule has 0 saturated heterocycles. The van der Waals surface area contributed by atoms with Crippen molar-refractivity contribution in [3.05, 3.63) is 65.2 Å². The molecule has 2 N–H and O–H groups in total. The Hall–Kier alpha value is -2.82. The number of carbonyl (C=O) groups is 2. The predicted molar refractivity (Wildman–Crippen MR) is 90.8 cm³/mol. The summed E-state index contributed by atoms with van der Waals surface area (Å²) in [6.45, 7) is 4.28. The average molecular weight is 327 g/mol. The molecule has 24 heavy (non-hydrogen) atoms. The molecule has 2 rings (SSSR count). The summed E-state index contributed by atoms with van der Waals surface area (Å²) in [6.07, 6.45) is 0. The van der Waals surface area contributed by atoms with Crippen molar-refractivity contribution in [3.63, 3.8) is 0 Å². The highest BCUT2D eigenvalue weighted by atomic mass is 16.5. The van der Waals surface area contributed by atoms with Crippen LogP contribution in [-0.4, -0.2) is 18.5 Å². The third-order valence-electron chi connectivity index (χ3n) is 3.49. The first-order valence-electron chi connectivity index (χ1n) is 7.73. The van der Waals surface area contributed by atoms with Gasteiger partial charge >= 0.3 is 5.97 Å². The van der Waals surface area contributed by atoms with Gasteiger partial charge < -0.3 is 15.2 Å². The summed E-state index contributed by atoms with van der Waals surface area (Å²) in [5.41, 5.74) is 7.60. The highest BCUT2D eigenvalue weighted by Crippen LogP contribution is 2.16. The fourth-order valence-corrected chi connectivity index (χ4v) is 2.07. The summed E-state index contributed by atoms with van der Waals surface area (Å²) >= 11 is 0. The van der Waals surface area contributed by atoms with E-state index in [0.29, 0.717) is 17.2 Å². The molecule has 0 unspecified atom stereocenters. The Morgan fingerprint density at radius 2 is 1.62 bits per heavy atom. The van der Waals surface area contributed by atoms with Gasteiger partial charge in [0, 0.05) is 0 Å². The van der Waals surface area contributed by atoms with Crippen LogP contribution in [0.1, 0.15) is 41.3 Å². The smallest absolute Gasteiger partial charge is 0.338 e. The minimum atomic E-state index is -0.554. The lowest BCUT2D eigenvalue weighted by molar-refractivity contribution is -0.119. The van der Waals surface area contributed by atoms with Crippen LogP contribution < -0.4 is 10.5 Å². The van der Waals surface area contributed by atoms with Crippen molar-refractivity contribution >= 4 is 11.9 Å². The zero-order chi connectivity index (χ0) is 17.5. The number of primary amides is 1.